The average Bonchev–Trinajstić information content (AvgIpc) is 2.11. The SMILES string of the molecule is CON1C(C)(C)CC(NCNS)CC1(C)C. The minimum absolute atomic E-state index is 0.0464. The second-order valence-electron chi connectivity index (χ2n) is 5.75. The number of hydrogen-bond donors (Lipinski definition) is 3. The minimum atomic E-state index is 0.0464. The fourth-order valence-electron chi connectivity index (χ4n) is 3.09. The van der Waals surface area contributed by atoms with Gasteiger partial charge in [-0.25, -0.2) is 0 Å². The minimum Gasteiger partial charge on any atom is -0.301 e. The van der Waals surface area contributed by atoms with Crippen LogP contribution in [0.4, 0.5) is 0 Å². The Labute approximate surface area is 105 Å². The highest BCUT2D eigenvalue weighted by Gasteiger charge is 2.45. The molecule has 0 bridgehead atoms. The zero-order valence-electron chi connectivity index (χ0n) is 11.0. The Morgan fingerprint density at radius 3 is 2.12 bits per heavy atom. The van der Waals surface area contributed by atoms with Crippen molar-refractivity contribution >= 4 is 12.8 Å². The largest absolute Gasteiger partial charge is 0.301 e. The molecule has 1 aliphatic rings. The van der Waals surface area contributed by atoms with Crippen LogP contribution in [0.3, 0.4) is 0 Å². The first-order valence-corrected chi connectivity index (χ1v) is 6.23. The predicted molar refractivity (Wildman–Crippen MR) is 70.2 cm³/mol. The molecule has 1 heterocycles. The van der Waals surface area contributed by atoms with E-state index in [1.54, 1.807) is 7.11 Å². The van der Waals surface area contributed by atoms with Gasteiger partial charge >= 0.3 is 0 Å². The Morgan fingerprint density at radius 1 is 1.25 bits per heavy atom. The van der Waals surface area contributed by atoms with Crippen LogP contribution in [0.15, 0.2) is 0 Å². The molecule has 0 aromatic carbocycles. The van der Waals surface area contributed by atoms with Gasteiger partial charge in [0.2, 0.25) is 0 Å². The van der Waals surface area contributed by atoms with E-state index in [4.69, 9.17) is 4.84 Å². The molecule has 0 aliphatic carbocycles. The Morgan fingerprint density at radius 2 is 1.75 bits per heavy atom. The summed E-state index contributed by atoms with van der Waals surface area (Å²) in [4.78, 5) is 5.55. The summed E-state index contributed by atoms with van der Waals surface area (Å²) < 4.78 is 2.83. The Hall–Kier alpha value is 0.190. The van der Waals surface area contributed by atoms with Crippen LogP contribution in [-0.4, -0.2) is 36.0 Å². The number of hydrogen-bond acceptors (Lipinski definition) is 5. The fourth-order valence-corrected chi connectivity index (χ4v) is 3.18. The average molecular weight is 247 g/mol. The van der Waals surface area contributed by atoms with E-state index in [0.29, 0.717) is 6.04 Å². The Kier molecular flexibility index (Phi) is 4.66. The third-order valence-electron chi connectivity index (χ3n) is 3.24. The van der Waals surface area contributed by atoms with Crippen LogP contribution in [0, 0.1) is 0 Å². The maximum atomic E-state index is 5.55. The molecule has 4 nitrogen and oxygen atoms in total. The van der Waals surface area contributed by atoms with Crippen molar-refractivity contribution in [2.24, 2.45) is 0 Å². The van der Waals surface area contributed by atoms with Crippen LogP contribution in [-0.2, 0) is 4.84 Å². The van der Waals surface area contributed by atoms with Gasteiger partial charge in [0, 0.05) is 17.1 Å². The van der Waals surface area contributed by atoms with Gasteiger partial charge in [0.15, 0.2) is 0 Å². The normalized spacial score (nSPS) is 25.9. The van der Waals surface area contributed by atoms with E-state index < -0.39 is 0 Å². The van der Waals surface area contributed by atoms with Crippen LogP contribution >= 0.6 is 12.8 Å². The summed E-state index contributed by atoms with van der Waals surface area (Å²) in [7, 11) is 1.76. The molecule has 5 heteroatoms. The van der Waals surface area contributed by atoms with Crippen LogP contribution in [0.5, 0.6) is 0 Å². The van der Waals surface area contributed by atoms with E-state index in [0.717, 1.165) is 19.5 Å². The first-order chi connectivity index (χ1) is 7.33. The molecule has 16 heavy (non-hydrogen) atoms. The molecule has 1 rings (SSSR count). The number of nitrogens with zero attached hydrogens (tertiary/aromatic N) is 1. The molecule has 0 atom stereocenters. The molecule has 96 valence electrons. The zero-order valence-corrected chi connectivity index (χ0v) is 11.9. The highest BCUT2D eigenvalue weighted by Crippen LogP contribution is 2.38. The lowest BCUT2D eigenvalue weighted by Crippen LogP contribution is -2.63. The van der Waals surface area contributed by atoms with Gasteiger partial charge in [-0.15, -0.1) is 0 Å². The lowest BCUT2D eigenvalue weighted by molar-refractivity contribution is -0.267. The molecule has 0 spiro atoms. The van der Waals surface area contributed by atoms with E-state index in [-0.39, 0.29) is 11.1 Å². The van der Waals surface area contributed by atoms with E-state index in [2.05, 4.69) is 55.6 Å². The molecule has 0 aromatic heterocycles. The van der Waals surface area contributed by atoms with Gasteiger partial charge in [-0.3, -0.25) is 4.72 Å². The van der Waals surface area contributed by atoms with E-state index in [1.165, 1.54) is 0 Å². The van der Waals surface area contributed by atoms with Gasteiger partial charge in [-0.1, -0.05) is 12.8 Å². The van der Waals surface area contributed by atoms with Crippen LogP contribution in [0.1, 0.15) is 40.5 Å². The van der Waals surface area contributed by atoms with Crippen molar-refractivity contribution in [3.8, 4) is 0 Å². The van der Waals surface area contributed by atoms with Crippen molar-refractivity contribution in [2.75, 3.05) is 13.8 Å². The lowest BCUT2D eigenvalue weighted by atomic mass is 9.79. The molecular weight excluding hydrogens is 222 g/mol. The third kappa shape index (κ3) is 3.11. The molecule has 0 saturated carbocycles. The first kappa shape index (κ1) is 14.3. The van der Waals surface area contributed by atoms with Gasteiger partial charge in [-0.05, 0) is 40.5 Å². The van der Waals surface area contributed by atoms with Crippen LogP contribution in [0.25, 0.3) is 0 Å². The zero-order chi connectivity index (χ0) is 12.4. The second-order valence-corrected chi connectivity index (χ2v) is 6.06. The van der Waals surface area contributed by atoms with E-state index in [9.17, 15) is 0 Å². The van der Waals surface area contributed by atoms with Crippen LogP contribution in [0.2, 0.25) is 0 Å². The van der Waals surface area contributed by atoms with Crippen molar-refractivity contribution in [1.82, 2.24) is 15.1 Å². The number of nitrogens with one attached hydrogen (secondary N) is 2. The Balaban J connectivity index is 2.72. The molecule has 0 radical (unpaired) electrons. The van der Waals surface area contributed by atoms with Gasteiger partial charge in [0.05, 0.1) is 13.8 Å². The van der Waals surface area contributed by atoms with Crippen LogP contribution < -0.4 is 10.0 Å². The molecule has 2 N–H and O–H groups in total. The maximum absolute atomic E-state index is 5.55. The molecule has 0 aromatic rings. The van der Waals surface area contributed by atoms with Crippen molar-refractivity contribution < 1.29 is 4.84 Å². The van der Waals surface area contributed by atoms with Crippen molar-refractivity contribution in [1.29, 1.82) is 0 Å². The summed E-state index contributed by atoms with van der Waals surface area (Å²) in [5.41, 5.74) is 0.0928. The smallest absolute Gasteiger partial charge is 0.0575 e. The summed E-state index contributed by atoms with van der Waals surface area (Å²) in [6, 6.07) is 0.496. The van der Waals surface area contributed by atoms with E-state index >= 15 is 0 Å². The highest BCUT2D eigenvalue weighted by atomic mass is 32.1. The number of thiol groups is 1. The number of piperidine rings is 1. The van der Waals surface area contributed by atoms with Crippen molar-refractivity contribution in [3.05, 3.63) is 0 Å². The van der Waals surface area contributed by atoms with Crippen molar-refractivity contribution in [3.63, 3.8) is 0 Å². The predicted octanol–water partition coefficient (Wildman–Crippen LogP) is 1.55. The summed E-state index contributed by atoms with van der Waals surface area (Å²) >= 11 is 4.00. The fraction of sp³-hybridized carbons (Fsp3) is 1.00. The molecule has 1 fully saturated rings. The lowest BCUT2D eigenvalue weighted by Gasteiger charge is -2.53. The highest BCUT2D eigenvalue weighted by molar-refractivity contribution is 7.78. The topological polar surface area (TPSA) is 36.5 Å². The van der Waals surface area contributed by atoms with Gasteiger partial charge in [0.1, 0.15) is 0 Å². The molecular formula is C11H25N3OS. The second kappa shape index (κ2) is 5.23. The third-order valence-corrected chi connectivity index (χ3v) is 3.40. The molecule has 1 saturated heterocycles. The summed E-state index contributed by atoms with van der Waals surface area (Å²) in [5, 5.41) is 5.57. The standard InChI is InChI=1S/C11H25N3OS/c1-10(2)6-9(12-8-13-16)7-11(3,4)14(10)15-5/h9,12-13,16H,6-8H2,1-5H3. The maximum Gasteiger partial charge on any atom is 0.0575 e. The molecule has 1 aliphatic heterocycles. The number of rotatable bonds is 4. The van der Waals surface area contributed by atoms with Gasteiger partial charge in [-0.2, -0.15) is 5.06 Å². The Bertz CT molecular complexity index is 215. The monoisotopic (exact) mass is 247 g/mol. The van der Waals surface area contributed by atoms with Crippen molar-refractivity contribution in [2.45, 2.75) is 57.7 Å². The number of hydroxylamine groups is 2. The summed E-state index contributed by atoms with van der Waals surface area (Å²) in [6.07, 6.45) is 2.14. The van der Waals surface area contributed by atoms with Gasteiger partial charge < -0.3 is 10.2 Å². The summed E-state index contributed by atoms with van der Waals surface area (Å²) in [5.74, 6) is 0. The quantitative estimate of drug-likeness (QED) is 0.520. The summed E-state index contributed by atoms with van der Waals surface area (Å²) in [6.45, 7) is 9.62. The van der Waals surface area contributed by atoms with E-state index in [1.807, 2.05) is 0 Å². The molecule has 0 amide bonds. The molecule has 0 unspecified atom stereocenters. The first-order valence-electron chi connectivity index (χ1n) is 5.78. The van der Waals surface area contributed by atoms with Gasteiger partial charge in [0.25, 0.3) is 0 Å².